The Kier molecular flexibility index (Phi) is 6.16. The van der Waals surface area contributed by atoms with Gasteiger partial charge in [0, 0.05) is 18.1 Å². The van der Waals surface area contributed by atoms with Crippen LogP contribution in [0.3, 0.4) is 0 Å². The Morgan fingerprint density at radius 3 is 2.44 bits per heavy atom. The normalized spacial score (nSPS) is 11.7. The highest BCUT2D eigenvalue weighted by molar-refractivity contribution is 7.89. The largest absolute Gasteiger partial charge is 0.478 e. The van der Waals surface area contributed by atoms with Crippen molar-refractivity contribution in [2.45, 2.75) is 24.8 Å². The quantitative estimate of drug-likeness (QED) is 0.787. The maximum absolute atomic E-state index is 14.5. The molecule has 1 N–H and O–H groups in total. The van der Waals surface area contributed by atoms with Gasteiger partial charge in [-0.05, 0) is 24.1 Å². The molecule has 134 valence electrons. The first-order chi connectivity index (χ1) is 11.8. The minimum Gasteiger partial charge on any atom is -0.478 e. The molecule has 0 atom stereocenters. The van der Waals surface area contributed by atoms with E-state index >= 15 is 0 Å². The number of rotatable bonds is 7. The maximum atomic E-state index is 14.5. The fourth-order valence-corrected chi connectivity index (χ4v) is 4.28. The maximum Gasteiger partial charge on any atom is 0.338 e. The van der Waals surface area contributed by atoms with E-state index in [1.807, 2.05) is 0 Å². The smallest absolute Gasteiger partial charge is 0.338 e. The van der Waals surface area contributed by atoms with Gasteiger partial charge in [0.05, 0.1) is 5.56 Å². The number of carbonyl (C=O) groups is 1. The van der Waals surface area contributed by atoms with E-state index in [4.69, 9.17) is 16.7 Å². The van der Waals surface area contributed by atoms with Crippen molar-refractivity contribution >= 4 is 27.6 Å². The van der Waals surface area contributed by atoms with Crippen LogP contribution in [0, 0.1) is 5.82 Å². The summed E-state index contributed by atoms with van der Waals surface area (Å²) in [5.74, 6) is -2.90. The molecule has 0 amide bonds. The van der Waals surface area contributed by atoms with Crippen molar-refractivity contribution in [1.82, 2.24) is 4.31 Å². The lowest BCUT2D eigenvalue weighted by atomic mass is 10.2. The second kappa shape index (κ2) is 7.95. The van der Waals surface area contributed by atoms with E-state index in [-0.39, 0.29) is 18.1 Å². The van der Waals surface area contributed by atoms with Gasteiger partial charge in [-0.1, -0.05) is 48.9 Å². The van der Waals surface area contributed by atoms with Crippen LogP contribution >= 0.6 is 11.6 Å². The van der Waals surface area contributed by atoms with Gasteiger partial charge in [0.1, 0.15) is 4.90 Å². The average Bonchev–Trinajstić information content (AvgIpc) is 2.56. The number of halogens is 2. The van der Waals surface area contributed by atoms with Gasteiger partial charge in [-0.2, -0.15) is 4.31 Å². The number of nitrogens with zero attached hydrogens (tertiary/aromatic N) is 1. The molecule has 0 aromatic heterocycles. The minimum atomic E-state index is -4.26. The summed E-state index contributed by atoms with van der Waals surface area (Å²) < 4.78 is 41.4. The highest BCUT2D eigenvalue weighted by Crippen LogP contribution is 2.27. The highest BCUT2D eigenvalue weighted by atomic mass is 35.5. The molecule has 0 saturated heterocycles. The van der Waals surface area contributed by atoms with E-state index < -0.39 is 32.3 Å². The van der Waals surface area contributed by atoms with Gasteiger partial charge in [0.25, 0.3) is 0 Å². The fraction of sp³-hybridized carbons (Fsp3) is 0.235. The second-order valence-electron chi connectivity index (χ2n) is 5.39. The van der Waals surface area contributed by atoms with Crippen molar-refractivity contribution < 1.29 is 22.7 Å². The molecule has 0 unspecified atom stereocenters. The summed E-state index contributed by atoms with van der Waals surface area (Å²) in [4.78, 5) is 10.4. The van der Waals surface area contributed by atoms with E-state index in [1.54, 1.807) is 37.3 Å². The summed E-state index contributed by atoms with van der Waals surface area (Å²) in [5.41, 5.74) is -0.0392. The van der Waals surface area contributed by atoms with Crippen molar-refractivity contribution in [2.24, 2.45) is 0 Å². The molecule has 0 radical (unpaired) electrons. The van der Waals surface area contributed by atoms with Crippen LogP contribution in [0.25, 0.3) is 0 Å². The van der Waals surface area contributed by atoms with Gasteiger partial charge in [0.15, 0.2) is 5.82 Å². The Hall–Kier alpha value is -1.96. The summed E-state index contributed by atoms with van der Waals surface area (Å²) in [7, 11) is -4.26. The number of carboxylic acid groups (broad SMARTS) is 1. The minimum absolute atomic E-state index is 0.0470. The second-order valence-corrected chi connectivity index (χ2v) is 7.74. The Labute approximate surface area is 150 Å². The van der Waals surface area contributed by atoms with Crippen LogP contribution in [0.5, 0.6) is 0 Å². The number of carboxylic acids is 1. The van der Waals surface area contributed by atoms with Crippen molar-refractivity contribution in [2.75, 3.05) is 6.54 Å². The zero-order chi connectivity index (χ0) is 18.6. The summed E-state index contributed by atoms with van der Waals surface area (Å²) in [5, 5.41) is 8.89. The van der Waals surface area contributed by atoms with Gasteiger partial charge in [0.2, 0.25) is 10.0 Å². The molecular weight excluding hydrogens is 369 g/mol. The van der Waals surface area contributed by atoms with Crippen molar-refractivity contribution in [3.05, 3.63) is 64.4 Å². The first kappa shape index (κ1) is 19.4. The van der Waals surface area contributed by atoms with Crippen LogP contribution in [-0.4, -0.2) is 30.3 Å². The van der Waals surface area contributed by atoms with E-state index in [1.165, 1.54) is 0 Å². The van der Waals surface area contributed by atoms with E-state index in [0.29, 0.717) is 6.42 Å². The molecule has 0 aliphatic rings. The van der Waals surface area contributed by atoms with E-state index in [9.17, 15) is 17.6 Å². The van der Waals surface area contributed by atoms with Gasteiger partial charge in [-0.15, -0.1) is 0 Å². The molecule has 0 aliphatic carbocycles. The number of hydrogen-bond donors (Lipinski definition) is 1. The first-order valence-corrected chi connectivity index (χ1v) is 9.35. The highest BCUT2D eigenvalue weighted by Gasteiger charge is 2.30. The lowest BCUT2D eigenvalue weighted by Gasteiger charge is -2.22. The number of benzene rings is 2. The fourth-order valence-electron chi connectivity index (χ4n) is 2.37. The zero-order valence-electron chi connectivity index (χ0n) is 13.4. The van der Waals surface area contributed by atoms with Crippen LogP contribution < -0.4 is 0 Å². The average molecular weight is 386 g/mol. The molecule has 5 nitrogen and oxygen atoms in total. The Bertz CT molecular complexity index is 872. The van der Waals surface area contributed by atoms with E-state index in [0.717, 1.165) is 22.0 Å². The van der Waals surface area contributed by atoms with Crippen LogP contribution in [0.15, 0.2) is 47.4 Å². The van der Waals surface area contributed by atoms with Crippen LogP contribution in [0.4, 0.5) is 4.39 Å². The third-order valence-corrected chi connectivity index (χ3v) is 5.59. The first-order valence-electron chi connectivity index (χ1n) is 7.53. The molecule has 0 aliphatic heterocycles. The predicted octanol–water partition coefficient (Wildman–Crippen LogP) is 3.78. The number of hydrogen-bond acceptors (Lipinski definition) is 3. The molecule has 8 heteroatoms. The molecule has 2 aromatic rings. The summed E-state index contributed by atoms with van der Waals surface area (Å²) >= 11 is 5.80. The Morgan fingerprint density at radius 2 is 1.88 bits per heavy atom. The molecule has 0 saturated carbocycles. The standard InChI is InChI=1S/C17H17ClFNO4S/c1-2-8-20(11-12-6-4-3-5-7-12)25(23,24)15-10-13(18)9-14(16(15)19)17(21)22/h3-7,9-10H,2,8,11H2,1H3,(H,21,22). The SMILES string of the molecule is CCCN(Cc1ccccc1)S(=O)(=O)c1cc(Cl)cc(C(=O)O)c1F. The summed E-state index contributed by atoms with van der Waals surface area (Å²) in [6.45, 7) is 2.00. The molecule has 0 heterocycles. The van der Waals surface area contributed by atoms with Crippen LogP contribution in [0.1, 0.15) is 29.3 Å². The zero-order valence-corrected chi connectivity index (χ0v) is 15.0. The molecule has 2 rings (SSSR count). The Balaban J connectivity index is 2.52. The molecule has 0 spiro atoms. The molecule has 25 heavy (non-hydrogen) atoms. The van der Waals surface area contributed by atoms with Crippen molar-refractivity contribution in [3.8, 4) is 0 Å². The van der Waals surface area contributed by atoms with Crippen molar-refractivity contribution in [3.63, 3.8) is 0 Å². The predicted molar refractivity (Wildman–Crippen MR) is 92.7 cm³/mol. The van der Waals surface area contributed by atoms with Gasteiger partial charge < -0.3 is 5.11 Å². The van der Waals surface area contributed by atoms with Crippen LogP contribution in [0.2, 0.25) is 5.02 Å². The van der Waals surface area contributed by atoms with E-state index in [2.05, 4.69) is 0 Å². The third-order valence-electron chi connectivity index (χ3n) is 3.53. The van der Waals surface area contributed by atoms with Crippen molar-refractivity contribution in [1.29, 1.82) is 0 Å². The van der Waals surface area contributed by atoms with Crippen LogP contribution in [-0.2, 0) is 16.6 Å². The molecule has 2 aromatic carbocycles. The lowest BCUT2D eigenvalue weighted by molar-refractivity contribution is 0.0691. The van der Waals surface area contributed by atoms with Gasteiger partial charge in [-0.25, -0.2) is 17.6 Å². The third kappa shape index (κ3) is 4.36. The van der Waals surface area contributed by atoms with Gasteiger partial charge >= 0.3 is 5.97 Å². The summed E-state index contributed by atoms with van der Waals surface area (Å²) in [6.07, 6.45) is 0.514. The number of sulfonamides is 1. The molecule has 0 fully saturated rings. The molecule has 0 bridgehead atoms. The van der Waals surface area contributed by atoms with Gasteiger partial charge in [-0.3, -0.25) is 0 Å². The Morgan fingerprint density at radius 1 is 1.24 bits per heavy atom. The lowest BCUT2D eigenvalue weighted by Crippen LogP contribution is -2.32. The number of aromatic carboxylic acids is 1. The summed E-state index contributed by atoms with van der Waals surface area (Å²) in [6, 6.07) is 10.7. The molecular formula is C17H17ClFNO4S. The topological polar surface area (TPSA) is 74.7 Å². The monoisotopic (exact) mass is 385 g/mol.